The Labute approximate surface area is 125 Å². The lowest BCUT2D eigenvalue weighted by molar-refractivity contribution is 0.426. The lowest BCUT2D eigenvalue weighted by Crippen LogP contribution is -2.14. The summed E-state index contributed by atoms with van der Waals surface area (Å²) in [6.07, 6.45) is 5.54. The lowest BCUT2D eigenvalue weighted by Gasteiger charge is -2.24. The molecule has 2 aromatic carbocycles. The smallest absolute Gasteiger partial charge is 0.116 e. The predicted octanol–water partition coefficient (Wildman–Crippen LogP) is 3.94. The molecule has 0 fully saturated rings. The van der Waals surface area contributed by atoms with Crippen LogP contribution in [0.3, 0.4) is 0 Å². The molecule has 2 aromatic rings. The molecule has 0 aromatic heterocycles. The van der Waals surface area contributed by atoms with Crippen LogP contribution < -0.4 is 10.6 Å². The second-order valence-corrected chi connectivity index (χ2v) is 7.27. The summed E-state index contributed by atoms with van der Waals surface area (Å²) in [5, 5.41) is 23.2. The van der Waals surface area contributed by atoms with Crippen LogP contribution in [0.4, 0.5) is 0 Å². The molecule has 3 heteroatoms. The summed E-state index contributed by atoms with van der Waals surface area (Å²) < 4.78 is 0. The molecule has 106 valence electrons. The molecule has 1 unspecified atom stereocenters. The van der Waals surface area contributed by atoms with Crippen molar-refractivity contribution in [2.75, 3.05) is 0 Å². The van der Waals surface area contributed by atoms with Gasteiger partial charge in [-0.25, -0.2) is 0 Å². The number of aromatic hydroxyl groups is 1. The Morgan fingerprint density at radius 3 is 2.33 bits per heavy atom. The third-order valence-corrected chi connectivity index (χ3v) is 5.99. The number of rotatable bonds is 3. The molecule has 0 heterocycles. The van der Waals surface area contributed by atoms with Gasteiger partial charge in [0.15, 0.2) is 0 Å². The van der Waals surface area contributed by atoms with Crippen LogP contribution >= 0.6 is 7.92 Å². The van der Waals surface area contributed by atoms with Crippen LogP contribution in [0.5, 0.6) is 5.75 Å². The van der Waals surface area contributed by atoms with Gasteiger partial charge < -0.3 is 10.2 Å². The summed E-state index contributed by atoms with van der Waals surface area (Å²) in [5.74, 6) is 0.631. The first kappa shape index (κ1) is 13.9. The van der Waals surface area contributed by atoms with Crippen LogP contribution in [0.25, 0.3) is 0 Å². The lowest BCUT2D eigenvalue weighted by atomic mass is 10.2. The molecular weight excluding hydrogens is 279 g/mol. The van der Waals surface area contributed by atoms with Crippen LogP contribution in [-0.2, 0) is 0 Å². The Morgan fingerprint density at radius 2 is 1.62 bits per heavy atom. The molecule has 1 aliphatic rings. The molecule has 21 heavy (non-hydrogen) atoms. The summed E-state index contributed by atoms with van der Waals surface area (Å²) >= 11 is 0. The van der Waals surface area contributed by atoms with Gasteiger partial charge in [0.2, 0.25) is 0 Å². The van der Waals surface area contributed by atoms with E-state index >= 15 is 0 Å². The number of allylic oxidation sites excluding steroid dienone is 3. The fourth-order valence-corrected chi connectivity index (χ4v) is 5.08. The molecule has 0 amide bonds. The maximum atomic E-state index is 9.82. The highest BCUT2D eigenvalue weighted by Gasteiger charge is 2.20. The fourth-order valence-electron chi connectivity index (χ4n) is 2.54. The monoisotopic (exact) mass is 296 g/mol. The van der Waals surface area contributed by atoms with E-state index in [2.05, 4.69) is 18.2 Å². The highest BCUT2D eigenvalue weighted by Crippen LogP contribution is 2.47. The number of aliphatic hydroxyl groups is 1. The van der Waals surface area contributed by atoms with Gasteiger partial charge in [0.25, 0.3) is 0 Å². The van der Waals surface area contributed by atoms with Crippen molar-refractivity contribution in [1.29, 1.82) is 0 Å². The molecule has 1 atom stereocenters. The standard InChI is InChI=1S/C18H17O2P/c19-14-6-4-10-17(12-14)21(16-8-2-1-3-9-16)18-11-5-7-15(20)13-18/h1-4,6-10,12-13,19-20H,5,11H2. The van der Waals surface area contributed by atoms with Gasteiger partial charge in [-0.05, 0) is 61.0 Å². The molecule has 0 radical (unpaired) electrons. The molecule has 0 saturated carbocycles. The molecular formula is C18H17O2P. The zero-order chi connectivity index (χ0) is 14.7. The van der Waals surface area contributed by atoms with Crippen LogP contribution in [0.2, 0.25) is 0 Å². The van der Waals surface area contributed by atoms with E-state index in [1.165, 1.54) is 10.6 Å². The Kier molecular flexibility index (Phi) is 4.08. The van der Waals surface area contributed by atoms with E-state index in [4.69, 9.17) is 0 Å². The van der Waals surface area contributed by atoms with Gasteiger partial charge >= 0.3 is 0 Å². The number of phenols is 1. The normalized spacial score (nSPS) is 16.0. The molecule has 2 nitrogen and oxygen atoms in total. The minimum absolute atomic E-state index is 0.284. The van der Waals surface area contributed by atoms with Crippen LogP contribution in [0.1, 0.15) is 12.8 Å². The largest absolute Gasteiger partial charge is 0.508 e. The number of hydrogen-bond donors (Lipinski definition) is 2. The zero-order valence-electron chi connectivity index (χ0n) is 11.6. The van der Waals surface area contributed by atoms with Crippen molar-refractivity contribution < 1.29 is 10.2 Å². The Balaban J connectivity index is 2.10. The molecule has 2 N–H and O–H groups in total. The predicted molar refractivity (Wildman–Crippen MR) is 88.8 cm³/mol. The second kappa shape index (κ2) is 6.15. The highest BCUT2D eigenvalue weighted by atomic mass is 31.1. The molecule has 0 saturated heterocycles. The van der Waals surface area contributed by atoms with Crippen molar-refractivity contribution in [2.24, 2.45) is 0 Å². The maximum absolute atomic E-state index is 9.82. The topological polar surface area (TPSA) is 40.5 Å². The van der Waals surface area contributed by atoms with E-state index in [9.17, 15) is 10.2 Å². The Bertz CT molecular complexity index is 689. The van der Waals surface area contributed by atoms with Gasteiger partial charge in [0.1, 0.15) is 11.5 Å². The molecule has 3 rings (SSSR count). The number of phenolic OH excluding ortho intramolecular Hbond substituents is 1. The van der Waals surface area contributed by atoms with E-state index in [-0.39, 0.29) is 5.75 Å². The first-order chi connectivity index (χ1) is 10.2. The maximum Gasteiger partial charge on any atom is 0.116 e. The molecule has 0 bridgehead atoms. The average Bonchev–Trinajstić information content (AvgIpc) is 2.49. The molecule has 0 spiro atoms. The van der Waals surface area contributed by atoms with Crippen molar-refractivity contribution in [3.8, 4) is 5.75 Å². The van der Waals surface area contributed by atoms with E-state index in [1.54, 1.807) is 6.07 Å². The van der Waals surface area contributed by atoms with E-state index < -0.39 is 7.92 Å². The summed E-state index contributed by atoms with van der Waals surface area (Å²) in [4.78, 5) is 0. The van der Waals surface area contributed by atoms with E-state index in [1.807, 2.05) is 42.5 Å². The van der Waals surface area contributed by atoms with Gasteiger partial charge in [-0.3, -0.25) is 0 Å². The van der Waals surface area contributed by atoms with Crippen LogP contribution in [-0.4, -0.2) is 10.2 Å². The van der Waals surface area contributed by atoms with Crippen molar-refractivity contribution in [3.05, 3.63) is 77.8 Å². The van der Waals surface area contributed by atoms with Crippen LogP contribution in [0, 0.1) is 0 Å². The highest BCUT2D eigenvalue weighted by molar-refractivity contribution is 7.76. The first-order valence-corrected chi connectivity index (χ1v) is 8.32. The Morgan fingerprint density at radius 1 is 0.857 bits per heavy atom. The van der Waals surface area contributed by atoms with Crippen molar-refractivity contribution in [1.82, 2.24) is 0 Å². The number of benzene rings is 2. The van der Waals surface area contributed by atoms with Crippen molar-refractivity contribution in [2.45, 2.75) is 12.8 Å². The van der Waals surface area contributed by atoms with E-state index in [0.717, 1.165) is 18.1 Å². The summed E-state index contributed by atoms with van der Waals surface area (Å²) in [6, 6.07) is 17.8. The zero-order valence-corrected chi connectivity index (χ0v) is 12.5. The second-order valence-electron chi connectivity index (χ2n) is 4.99. The SMILES string of the molecule is OC1=CCCC(P(c2ccccc2)c2cccc(O)c2)=C1. The average molecular weight is 296 g/mol. The molecule has 0 aliphatic heterocycles. The van der Waals surface area contributed by atoms with Gasteiger partial charge in [-0.1, -0.05) is 42.5 Å². The number of hydrogen-bond acceptors (Lipinski definition) is 2. The van der Waals surface area contributed by atoms with Gasteiger partial charge in [-0.15, -0.1) is 0 Å². The third kappa shape index (κ3) is 3.17. The number of aliphatic hydroxyl groups excluding tert-OH is 1. The van der Waals surface area contributed by atoms with Gasteiger partial charge in [-0.2, -0.15) is 0 Å². The third-order valence-electron chi connectivity index (χ3n) is 3.46. The first-order valence-electron chi connectivity index (χ1n) is 6.98. The molecule has 1 aliphatic carbocycles. The Hall–Kier alpha value is -2.05. The van der Waals surface area contributed by atoms with Gasteiger partial charge in [0.05, 0.1) is 0 Å². The van der Waals surface area contributed by atoms with Crippen molar-refractivity contribution >= 4 is 18.5 Å². The van der Waals surface area contributed by atoms with Gasteiger partial charge in [0, 0.05) is 0 Å². The minimum atomic E-state index is -0.712. The fraction of sp³-hybridized carbons (Fsp3) is 0.111. The van der Waals surface area contributed by atoms with Crippen LogP contribution in [0.15, 0.2) is 77.8 Å². The summed E-state index contributed by atoms with van der Waals surface area (Å²) in [6.45, 7) is 0. The minimum Gasteiger partial charge on any atom is -0.508 e. The summed E-state index contributed by atoms with van der Waals surface area (Å²) in [7, 11) is -0.712. The summed E-state index contributed by atoms with van der Waals surface area (Å²) in [5.41, 5.74) is 0. The van der Waals surface area contributed by atoms with Crippen molar-refractivity contribution in [3.63, 3.8) is 0 Å². The quantitative estimate of drug-likeness (QED) is 0.842. The van der Waals surface area contributed by atoms with E-state index in [0.29, 0.717) is 5.76 Å².